The Bertz CT molecular complexity index is 938. The molecule has 0 aromatic heterocycles. The van der Waals surface area contributed by atoms with Crippen molar-refractivity contribution < 1.29 is 13.2 Å². The molecule has 150 valence electrons. The van der Waals surface area contributed by atoms with E-state index in [2.05, 4.69) is 10.0 Å². The van der Waals surface area contributed by atoms with E-state index in [-0.39, 0.29) is 21.5 Å². The van der Waals surface area contributed by atoms with Gasteiger partial charge in [0.2, 0.25) is 10.0 Å². The van der Waals surface area contributed by atoms with Crippen molar-refractivity contribution in [2.24, 2.45) is 0 Å². The first-order valence-corrected chi connectivity index (χ1v) is 11.5. The van der Waals surface area contributed by atoms with Crippen LogP contribution in [0.3, 0.4) is 0 Å². The number of sulfonamides is 1. The maximum absolute atomic E-state index is 12.6. The van der Waals surface area contributed by atoms with Crippen LogP contribution in [-0.4, -0.2) is 20.4 Å². The number of rotatable bonds is 5. The van der Waals surface area contributed by atoms with Crippen molar-refractivity contribution in [3.05, 3.63) is 58.1 Å². The van der Waals surface area contributed by atoms with Gasteiger partial charge in [-0.05, 0) is 55.3 Å². The molecule has 0 atom stereocenters. The summed E-state index contributed by atoms with van der Waals surface area (Å²) in [7, 11) is -3.58. The van der Waals surface area contributed by atoms with Crippen LogP contribution in [0.25, 0.3) is 0 Å². The lowest BCUT2D eigenvalue weighted by atomic mass is 10.1. The zero-order valence-electron chi connectivity index (χ0n) is 15.3. The van der Waals surface area contributed by atoms with Gasteiger partial charge in [-0.1, -0.05) is 48.9 Å². The predicted octanol–water partition coefficient (Wildman–Crippen LogP) is 5.25. The van der Waals surface area contributed by atoms with Crippen LogP contribution in [0.5, 0.6) is 0 Å². The van der Waals surface area contributed by atoms with Gasteiger partial charge in [0, 0.05) is 16.8 Å². The number of hydrogen-bond acceptors (Lipinski definition) is 3. The number of carbonyl (C=O) groups excluding carboxylic acids is 1. The fourth-order valence-electron chi connectivity index (χ4n) is 3.27. The summed E-state index contributed by atoms with van der Waals surface area (Å²) < 4.78 is 28.0. The molecule has 1 saturated carbocycles. The van der Waals surface area contributed by atoms with Crippen molar-refractivity contribution >= 4 is 44.8 Å². The van der Waals surface area contributed by atoms with Gasteiger partial charge >= 0.3 is 0 Å². The van der Waals surface area contributed by atoms with Crippen molar-refractivity contribution in [3.8, 4) is 0 Å². The predicted molar refractivity (Wildman–Crippen MR) is 113 cm³/mol. The number of amides is 1. The summed E-state index contributed by atoms with van der Waals surface area (Å²) in [6.07, 6.45) is 6.15. The summed E-state index contributed by atoms with van der Waals surface area (Å²) in [5, 5.41) is 3.39. The van der Waals surface area contributed by atoms with Gasteiger partial charge in [0.15, 0.2) is 0 Å². The highest BCUT2D eigenvalue weighted by Crippen LogP contribution is 2.23. The normalized spacial score (nSPS) is 15.8. The number of anilines is 1. The van der Waals surface area contributed by atoms with Crippen molar-refractivity contribution in [2.75, 3.05) is 5.32 Å². The molecule has 0 aliphatic heterocycles. The highest BCUT2D eigenvalue weighted by Gasteiger charge is 2.21. The molecule has 28 heavy (non-hydrogen) atoms. The minimum Gasteiger partial charge on any atom is -0.322 e. The van der Waals surface area contributed by atoms with Crippen molar-refractivity contribution in [3.63, 3.8) is 0 Å². The van der Waals surface area contributed by atoms with Crippen LogP contribution < -0.4 is 10.0 Å². The molecule has 0 saturated heterocycles. The fourth-order valence-corrected chi connectivity index (χ4v) is 5.07. The Morgan fingerprint density at radius 3 is 2.18 bits per heavy atom. The lowest BCUT2D eigenvalue weighted by Crippen LogP contribution is -2.34. The zero-order valence-corrected chi connectivity index (χ0v) is 17.6. The zero-order chi connectivity index (χ0) is 20.1. The molecule has 8 heteroatoms. The van der Waals surface area contributed by atoms with E-state index >= 15 is 0 Å². The Morgan fingerprint density at radius 1 is 0.929 bits per heavy atom. The summed E-state index contributed by atoms with van der Waals surface area (Å²) >= 11 is 11.9. The molecule has 2 aromatic carbocycles. The van der Waals surface area contributed by atoms with Gasteiger partial charge in [-0.2, -0.15) is 0 Å². The minimum absolute atomic E-state index is 0.0149. The van der Waals surface area contributed by atoms with Gasteiger partial charge in [0.1, 0.15) is 0 Å². The quantitative estimate of drug-likeness (QED) is 0.623. The SMILES string of the molecule is O=C(Nc1ccc(S(=O)(=O)NC2CCCCCC2)cc1)c1ccc(Cl)cc1Cl. The van der Waals surface area contributed by atoms with E-state index in [9.17, 15) is 13.2 Å². The van der Waals surface area contributed by atoms with Crippen LogP contribution in [-0.2, 0) is 10.0 Å². The molecule has 3 rings (SSSR count). The number of carbonyl (C=O) groups is 1. The van der Waals surface area contributed by atoms with E-state index < -0.39 is 15.9 Å². The Morgan fingerprint density at radius 2 is 1.57 bits per heavy atom. The van der Waals surface area contributed by atoms with Crippen LogP contribution in [0.1, 0.15) is 48.9 Å². The third-order valence-electron chi connectivity index (χ3n) is 4.78. The molecule has 1 aliphatic rings. The molecule has 2 aromatic rings. The number of halogens is 2. The molecule has 5 nitrogen and oxygen atoms in total. The van der Waals surface area contributed by atoms with Gasteiger partial charge in [0.25, 0.3) is 5.91 Å². The molecule has 1 aliphatic carbocycles. The van der Waals surface area contributed by atoms with Gasteiger partial charge < -0.3 is 5.32 Å². The molecule has 0 unspecified atom stereocenters. The molecule has 1 fully saturated rings. The van der Waals surface area contributed by atoms with E-state index in [1.807, 2.05) is 0 Å². The first-order valence-electron chi connectivity index (χ1n) is 9.24. The van der Waals surface area contributed by atoms with Crippen LogP contribution in [0.15, 0.2) is 47.4 Å². The molecular formula is C20H22Cl2N2O3S. The molecule has 0 radical (unpaired) electrons. The van der Waals surface area contributed by atoms with E-state index in [1.165, 1.54) is 24.3 Å². The monoisotopic (exact) mass is 440 g/mol. The molecule has 0 bridgehead atoms. The standard InChI is InChI=1S/C20H22Cl2N2O3S/c21-14-7-12-18(19(22)13-14)20(25)23-15-8-10-17(11-9-15)28(26,27)24-16-5-3-1-2-4-6-16/h7-13,16,24H,1-6H2,(H,23,25). The average Bonchev–Trinajstić information content (AvgIpc) is 2.90. The second kappa shape index (κ2) is 9.27. The molecule has 0 spiro atoms. The van der Waals surface area contributed by atoms with Crippen LogP contribution in [0.2, 0.25) is 10.0 Å². The third kappa shape index (κ3) is 5.47. The van der Waals surface area contributed by atoms with Gasteiger partial charge in [-0.3, -0.25) is 4.79 Å². The van der Waals surface area contributed by atoms with Crippen LogP contribution >= 0.6 is 23.2 Å². The van der Waals surface area contributed by atoms with Gasteiger partial charge in [-0.15, -0.1) is 0 Å². The summed E-state index contributed by atoms with van der Waals surface area (Å²) in [5.41, 5.74) is 0.766. The fraction of sp³-hybridized carbons (Fsp3) is 0.350. The van der Waals surface area contributed by atoms with E-state index in [0.29, 0.717) is 10.7 Å². The first kappa shape index (κ1) is 21.1. The Balaban J connectivity index is 1.67. The Labute approximate surface area is 175 Å². The maximum atomic E-state index is 12.6. The van der Waals surface area contributed by atoms with E-state index in [1.54, 1.807) is 18.2 Å². The van der Waals surface area contributed by atoms with E-state index in [0.717, 1.165) is 38.5 Å². The molecule has 0 heterocycles. The number of nitrogens with one attached hydrogen (secondary N) is 2. The van der Waals surface area contributed by atoms with Crippen molar-refractivity contribution in [1.29, 1.82) is 0 Å². The number of hydrogen-bond donors (Lipinski definition) is 2. The topological polar surface area (TPSA) is 75.3 Å². The van der Waals surface area contributed by atoms with Crippen molar-refractivity contribution in [1.82, 2.24) is 4.72 Å². The lowest BCUT2D eigenvalue weighted by Gasteiger charge is -2.16. The average molecular weight is 441 g/mol. The van der Waals surface area contributed by atoms with Gasteiger partial charge in [0.05, 0.1) is 15.5 Å². The summed E-state index contributed by atoms with van der Waals surface area (Å²) in [6.45, 7) is 0. The summed E-state index contributed by atoms with van der Waals surface area (Å²) in [4.78, 5) is 12.5. The minimum atomic E-state index is -3.58. The second-order valence-electron chi connectivity index (χ2n) is 6.91. The third-order valence-corrected chi connectivity index (χ3v) is 6.86. The largest absolute Gasteiger partial charge is 0.322 e. The first-order chi connectivity index (χ1) is 13.3. The van der Waals surface area contributed by atoms with Crippen molar-refractivity contribution in [2.45, 2.75) is 49.5 Å². The lowest BCUT2D eigenvalue weighted by molar-refractivity contribution is 0.102. The van der Waals surface area contributed by atoms with E-state index in [4.69, 9.17) is 23.2 Å². The highest BCUT2D eigenvalue weighted by molar-refractivity contribution is 7.89. The number of benzene rings is 2. The Hall–Kier alpha value is -1.60. The Kier molecular flexibility index (Phi) is 6.99. The summed E-state index contributed by atoms with van der Waals surface area (Å²) in [5.74, 6) is -0.395. The second-order valence-corrected chi connectivity index (χ2v) is 9.47. The molecule has 2 N–H and O–H groups in total. The van der Waals surface area contributed by atoms with Gasteiger partial charge in [-0.25, -0.2) is 13.1 Å². The van der Waals surface area contributed by atoms with Crippen LogP contribution in [0, 0.1) is 0 Å². The van der Waals surface area contributed by atoms with Crippen LogP contribution in [0.4, 0.5) is 5.69 Å². The molecule has 1 amide bonds. The highest BCUT2D eigenvalue weighted by atomic mass is 35.5. The molecular weight excluding hydrogens is 419 g/mol. The maximum Gasteiger partial charge on any atom is 0.257 e. The smallest absolute Gasteiger partial charge is 0.257 e. The summed E-state index contributed by atoms with van der Waals surface area (Å²) in [6, 6.07) is 10.7.